The molecule has 0 bridgehead atoms. The molecule has 0 amide bonds. The number of carbonyl (C=O) groups excluding carboxylic acids is 1. The fraction of sp³-hybridized carbons (Fsp3) is 0.917. The van der Waals surface area contributed by atoms with Gasteiger partial charge in [0.25, 0.3) is 0 Å². The molecule has 1 atom stereocenters. The molecule has 1 unspecified atom stereocenters. The summed E-state index contributed by atoms with van der Waals surface area (Å²) in [6, 6.07) is 0.0982. The summed E-state index contributed by atoms with van der Waals surface area (Å²) in [7, 11) is 0. The highest BCUT2D eigenvalue weighted by molar-refractivity contribution is 5.81. The topological polar surface area (TPSA) is 40.5 Å². The standard InChI is InChI=1S/C12H23NO2/c1-10(14)11-6-4-5-8-13(11)9-7-12(2,3)15/h11,15H,4-9H2,1-3H3. The van der Waals surface area contributed by atoms with E-state index in [9.17, 15) is 9.90 Å². The third-order valence-electron chi connectivity index (χ3n) is 3.09. The molecule has 15 heavy (non-hydrogen) atoms. The van der Waals surface area contributed by atoms with E-state index >= 15 is 0 Å². The normalized spacial score (nSPS) is 24.1. The van der Waals surface area contributed by atoms with Crippen LogP contribution in [0.15, 0.2) is 0 Å². The molecule has 1 heterocycles. The third kappa shape index (κ3) is 4.31. The van der Waals surface area contributed by atoms with Gasteiger partial charge in [-0.1, -0.05) is 6.42 Å². The summed E-state index contributed by atoms with van der Waals surface area (Å²) in [5.41, 5.74) is -0.626. The van der Waals surface area contributed by atoms with Gasteiger partial charge in [-0.2, -0.15) is 0 Å². The molecule has 3 nitrogen and oxygen atoms in total. The molecule has 0 aromatic rings. The summed E-state index contributed by atoms with van der Waals surface area (Å²) in [4.78, 5) is 13.7. The Morgan fingerprint density at radius 3 is 2.67 bits per heavy atom. The second-order valence-electron chi connectivity index (χ2n) is 5.22. The number of ketones is 1. The second-order valence-corrected chi connectivity index (χ2v) is 5.22. The Morgan fingerprint density at radius 2 is 2.13 bits per heavy atom. The smallest absolute Gasteiger partial charge is 0.146 e. The first-order chi connectivity index (χ1) is 6.90. The van der Waals surface area contributed by atoms with Crippen molar-refractivity contribution in [2.75, 3.05) is 13.1 Å². The Hall–Kier alpha value is -0.410. The molecule has 1 aliphatic heterocycles. The van der Waals surface area contributed by atoms with E-state index in [0.717, 1.165) is 32.4 Å². The first-order valence-corrected chi connectivity index (χ1v) is 5.87. The van der Waals surface area contributed by atoms with Gasteiger partial charge in [-0.05, 0) is 46.6 Å². The van der Waals surface area contributed by atoms with Gasteiger partial charge in [0.05, 0.1) is 11.6 Å². The van der Waals surface area contributed by atoms with E-state index in [1.807, 2.05) is 13.8 Å². The number of nitrogens with zero attached hydrogens (tertiary/aromatic N) is 1. The van der Waals surface area contributed by atoms with Gasteiger partial charge in [0, 0.05) is 6.54 Å². The predicted octanol–water partition coefficient (Wildman–Crippen LogP) is 1.59. The molecular weight excluding hydrogens is 190 g/mol. The zero-order valence-corrected chi connectivity index (χ0v) is 10.1. The maximum Gasteiger partial charge on any atom is 0.146 e. The Kier molecular flexibility index (Phi) is 4.29. The van der Waals surface area contributed by atoms with Gasteiger partial charge in [-0.15, -0.1) is 0 Å². The van der Waals surface area contributed by atoms with Crippen molar-refractivity contribution in [3.63, 3.8) is 0 Å². The number of piperidine rings is 1. The van der Waals surface area contributed by atoms with Crippen molar-refractivity contribution in [1.29, 1.82) is 0 Å². The Morgan fingerprint density at radius 1 is 1.47 bits per heavy atom. The van der Waals surface area contributed by atoms with Gasteiger partial charge in [-0.25, -0.2) is 0 Å². The lowest BCUT2D eigenvalue weighted by Crippen LogP contribution is -2.45. The molecule has 0 aliphatic carbocycles. The van der Waals surface area contributed by atoms with E-state index in [2.05, 4.69) is 4.90 Å². The molecular formula is C12H23NO2. The lowest BCUT2D eigenvalue weighted by atomic mass is 9.97. The monoisotopic (exact) mass is 213 g/mol. The van der Waals surface area contributed by atoms with Crippen LogP contribution >= 0.6 is 0 Å². The van der Waals surface area contributed by atoms with E-state index in [1.165, 1.54) is 6.42 Å². The molecule has 0 aromatic heterocycles. The fourth-order valence-corrected chi connectivity index (χ4v) is 2.14. The zero-order valence-electron chi connectivity index (χ0n) is 10.1. The highest BCUT2D eigenvalue weighted by Gasteiger charge is 2.26. The van der Waals surface area contributed by atoms with Gasteiger partial charge < -0.3 is 5.11 Å². The molecule has 1 rings (SSSR count). The average Bonchev–Trinajstić information content (AvgIpc) is 2.14. The predicted molar refractivity (Wildman–Crippen MR) is 60.8 cm³/mol. The number of likely N-dealkylation sites (tertiary alicyclic amines) is 1. The number of rotatable bonds is 4. The van der Waals surface area contributed by atoms with Crippen molar-refractivity contribution in [2.24, 2.45) is 0 Å². The van der Waals surface area contributed by atoms with Crippen LogP contribution in [0.4, 0.5) is 0 Å². The molecule has 1 fully saturated rings. The minimum Gasteiger partial charge on any atom is -0.390 e. The molecule has 0 spiro atoms. The van der Waals surface area contributed by atoms with Gasteiger partial charge in [0.15, 0.2) is 0 Å². The van der Waals surface area contributed by atoms with Crippen molar-refractivity contribution in [3.05, 3.63) is 0 Å². The highest BCUT2D eigenvalue weighted by atomic mass is 16.3. The average molecular weight is 213 g/mol. The van der Waals surface area contributed by atoms with Crippen LogP contribution in [0.1, 0.15) is 46.5 Å². The van der Waals surface area contributed by atoms with Gasteiger partial charge in [0.2, 0.25) is 0 Å². The molecule has 1 N–H and O–H groups in total. The van der Waals surface area contributed by atoms with Crippen molar-refractivity contribution in [2.45, 2.75) is 58.1 Å². The number of carbonyl (C=O) groups is 1. The molecule has 0 saturated carbocycles. The summed E-state index contributed by atoms with van der Waals surface area (Å²) >= 11 is 0. The largest absolute Gasteiger partial charge is 0.390 e. The van der Waals surface area contributed by atoms with Crippen molar-refractivity contribution < 1.29 is 9.90 Å². The molecule has 1 aliphatic rings. The Bertz CT molecular complexity index is 220. The molecule has 3 heteroatoms. The quantitative estimate of drug-likeness (QED) is 0.771. The minimum absolute atomic E-state index is 0.0982. The zero-order chi connectivity index (χ0) is 11.5. The Balaban J connectivity index is 2.46. The van der Waals surface area contributed by atoms with Gasteiger partial charge >= 0.3 is 0 Å². The lowest BCUT2D eigenvalue weighted by molar-refractivity contribution is -0.123. The van der Waals surface area contributed by atoms with Gasteiger partial charge in [-0.3, -0.25) is 9.69 Å². The van der Waals surface area contributed by atoms with Gasteiger partial charge in [0.1, 0.15) is 5.78 Å². The van der Waals surface area contributed by atoms with E-state index in [-0.39, 0.29) is 11.8 Å². The Labute approximate surface area is 92.5 Å². The van der Waals surface area contributed by atoms with E-state index in [1.54, 1.807) is 6.92 Å². The first-order valence-electron chi connectivity index (χ1n) is 5.87. The minimum atomic E-state index is -0.626. The van der Waals surface area contributed by atoms with Crippen molar-refractivity contribution in [1.82, 2.24) is 4.90 Å². The highest BCUT2D eigenvalue weighted by Crippen LogP contribution is 2.19. The first kappa shape index (κ1) is 12.7. The number of Topliss-reactive ketones (excluding diaryl/α,β-unsaturated/α-hetero) is 1. The molecule has 0 radical (unpaired) electrons. The van der Waals surface area contributed by atoms with E-state index in [0.29, 0.717) is 0 Å². The van der Waals surface area contributed by atoms with E-state index < -0.39 is 5.60 Å². The molecule has 0 aromatic carbocycles. The van der Waals surface area contributed by atoms with Crippen LogP contribution in [0.25, 0.3) is 0 Å². The fourth-order valence-electron chi connectivity index (χ4n) is 2.14. The van der Waals surface area contributed by atoms with Crippen molar-refractivity contribution in [3.8, 4) is 0 Å². The van der Waals surface area contributed by atoms with E-state index in [4.69, 9.17) is 0 Å². The number of hydrogen-bond donors (Lipinski definition) is 1. The number of hydrogen-bond acceptors (Lipinski definition) is 3. The van der Waals surface area contributed by atoms with Crippen molar-refractivity contribution >= 4 is 5.78 Å². The number of aliphatic hydroxyl groups is 1. The maximum absolute atomic E-state index is 11.4. The van der Waals surface area contributed by atoms with Crippen LogP contribution in [0.3, 0.4) is 0 Å². The maximum atomic E-state index is 11.4. The molecule has 1 saturated heterocycles. The van der Waals surface area contributed by atoms with Crippen LogP contribution in [-0.2, 0) is 4.79 Å². The summed E-state index contributed by atoms with van der Waals surface area (Å²) in [5.74, 6) is 0.269. The summed E-state index contributed by atoms with van der Waals surface area (Å²) in [5, 5.41) is 9.66. The van der Waals surface area contributed by atoms with Crippen LogP contribution in [-0.4, -0.2) is 40.5 Å². The summed E-state index contributed by atoms with van der Waals surface area (Å²) in [6.45, 7) is 7.14. The summed E-state index contributed by atoms with van der Waals surface area (Å²) < 4.78 is 0. The summed E-state index contributed by atoms with van der Waals surface area (Å²) in [6.07, 6.45) is 4.05. The van der Waals surface area contributed by atoms with Crippen LogP contribution in [0.5, 0.6) is 0 Å². The lowest BCUT2D eigenvalue weighted by Gasteiger charge is -2.35. The van der Waals surface area contributed by atoms with Crippen LogP contribution in [0.2, 0.25) is 0 Å². The van der Waals surface area contributed by atoms with Crippen LogP contribution in [0, 0.1) is 0 Å². The SMILES string of the molecule is CC(=O)C1CCCCN1CCC(C)(C)O. The second kappa shape index (κ2) is 5.08. The van der Waals surface area contributed by atoms with Crippen LogP contribution < -0.4 is 0 Å². The third-order valence-corrected chi connectivity index (χ3v) is 3.09. The molecule has 88 valence electrons.